The van der Waals surface area contributed by atoms with Gasteiger partial charge in [-0.15, -0.1) is 0 Å². The summed E-state index contributed by atoms with van der Waals surface area (Å²) in [6.45, 7) is 4.16. The monoisotopic (exact) mass is 396 g/mol. The van der Waals surface area contributed by atoms with Gasteiger partial charge in [0.2, 0.25) is 0 Å². The van der Waals surface area contributed by atoms with Gasteiger partial charge in [0.05, 0.1) is 37.1 Å². The molecule has 1 aromatic carbocycles. The number of hydrogen-bond donors (Lipinski definition) is 4. The number of carbonyl (C=O) groups is 3. The van der Waals surface area contributed by atoms with Crippen LogP contribution in [0.2, 0.25) is 0 Å². The first-order valence-electron chi connectivity index (χ1n) is 8.49. The summed E-state index contributed by atoms with van der Waals surface area (Å²) in [4.78, 5) is 34.4. The summed E-state index contributed by atoms with van der Waals surface area (Å²) in [6.07, 6.45) is -1.66. The zero-order valence-electron chi connectivity index (χ0n) is 15.5. The fraction of sp³-hybridized carbons (Fsp3) is 0.421. The van der Waals surface area contributed by atoms with E-state index in [0.29, 0.717) is 0 Å². The molecule has 0 saturated carbocycles. The van der Waals surface area contributed by atoms with Crippen LogP contribution in [0.5, 0.6) is 0 Å². The number of ether oxygens (including phenoxy) is 2. The number of esters is 1. The zero-order chi connectivity index (χ0) is 21.3. The van der Waals surface area contributed by atoms with Crippen molar-refractivity contribution in [3.63, 3.8) is 0 Å². The van der Waals surface area contributed by atoms with E-state index in [1.807, 2.05) is 0 Å². The smallest absolute Gasteiger partial charge is 0.336 e. The van der Waals surface area contributed by atoms with Crippen LogP contribution in [0.15, 0.2) is 30.4 Å². The standard InChI is InChI=1S/C19H24O9/c1-11(2)19(26)27-7-6-14(28-10-13(21)9-20)8-12-4-3-5-15(17(22)23)16(12)18(24)25/h3-5,13-14,20-21H,1,6-10H2,2H3,(H,22,23)(H,24,25). The van der Waals surface area contributed by atoms with Crippen LogP contribution in [-0.4, -0.2) is 70.4 Å². The lowest BCUT2D eigenvalue weighted by molar-refractivity contribution is -0.140. The molecule has 0 aliphatic rings. The highest BCUT2D eigenvalue weighted by molar-refractivity contribution is 6.02. The van der Waals surface area contributed by atoms with Crippen molar-refractivity contribution in [3.05, 3.63) is 47.0 Å². The maximum atomic E-state index is 11.6. The van der Waals surface area contributed by atoms with E-state index in [1.54, 1.807) is 0 Å². The van der Waals surface area contributed by atoms with E-state index in [4.69, 9.17) is 14.6 Å². The Kier molecular flexibility index (Phi) is 9.29. The Morgan fingerprint density at radius 3 is 2.39 bits per heavy atom. The number of rotatable bonds is 12. The van der Waals surface area contributed by atoms with E-state index in [9.17, 15) is 29.7 Å². The summed E-state index contributed by atoms with van der Waals surface area (Å²) >= 11 is 0. The van der Waals surface area contributed by atoms with Crippen LogP contribution < -0.4 is 0 Å². The van der Waals surface area contributed by atoms with Crippen molar-refractivity contribution >= 4 is 17.9 Å². The minimum absolute atomic E-state index is 0.00548. The largest absolute Gasteiger partial charge is 0.478 e. The zero-order valence-corrected chi connectivity index (χ0v) is 15.5. The minimum Gasteiger partial charge on any atom is -0.478 e. The van der Waals surface area contributed by atoms with Gasteiger partial charge in [-0.05, 0) is 25.0 Å². The van der Waals surface area contributed by atoms with E-state index >= 15 is 0 Å². The summed E-state index contributed by atoms with van der Waals surface area (Å²) in [5.41, 5.74) is -0.268. The lowest BCUT2D eigenvalue weighted by Crippen LogP contribution is -2.28. The van der Waals surface area contributed by atoms with Gasteiger partial charge in [0.15, 0.2) is 0 Å². The lowest BCUT2D eigenvalue weighted by Gasteiger charge is -2.21. The maximum absolute atomic E-state index is 11.6. The molecule has 0 aliphatic carbocycles. The Bertz CT molecular complexity index is 726. The van der Waals surface area contributed by atoms with E-state index in [2.05, 4.69) is 6.58 Å². The molecule has 0 spiro atoms. The molecule has 0 radical (unpaired) electrons. The number of aliphatic hydroxyl groups is 2. The molecule has 0 aliphatic heterocycles. The average Bonchev–Trinajstić information content (AvgIpc) is 2.64. The number of aromatic carboxylic acids is 2. The number of carboxylic acids is 2. The average molecular weight is 396 g/mol. The Morgan fingerprint density at radius 2 is 1.86 bits per heavy atom. The molecule has 0 saturated heterocycles. The van der Waals surface area contributed by atoms with Crippen molar-refractivity contribution < 1.29 is 44.3 Å². The van der Waals surface area contributed by atoms with Gasteiger partial charge in [0.25, 0.3) is 0 Å². The number of carbonyl (C=O) groups excluding carboxylic acids is 1. The maximum Gasteiger partial charge on any atom is 0.336 e. The molecule has 154 valence electrons. The van der Waals surface area contributed by atoms with Gasteiger partial charge >= 0.3 is 17.9 Å². The number of benzene rings is 1. The van der Waals surface area contributed by atoms with Crippen LogP contribution in [0.1, 0.15) is 39.6 Å². The Morgan fingerprint density at radius 1 is 1.18 bits per heavy atom. The van der Waals surface area contributed by atoms with E-state index in [1.165, 1.54) is 25.1 Å². The summed E-state index contributed by atoms with van der Waals surface area (Å²) < 4.78 is 10.5. The Labute approximate surface area is 161 Å². The van der Waals surface area contributed by atoms with Crippen molar-refractivity contribution in [2.24, 2.45) is 0 Å². The van der Waals surface area contributed by atoms with Crippen molar-refractivity contribution in [3.8, 4) is 0 Å². The van der Waals surface area contributed by atoms with Crippen LogP contribution in [0.4, 0.5) is 0 Å². The fourth-order valence-corrected chi connectivity index (χ4v) is 2.40. The van der Waals surface area contributed by atoms with Crippen LogP contribution in [0.25, 0.3) is 0 Å². The van der Waals surface area contributed by atoms with Crippen molar-refractivity contribution in [2.75, 3.05) is 19.8 Å². The molecule has 9 nitrogen and oxygen atoms in total. The first-order valence-corrected chi connectivity index (χ1v) is 8.49. The van der Waals surface area contributed by atoms with Crippen LogP contribution >= 0.6 is 0 Å². The van der Waals surface area contributed by atoms with Gasteiger partial charge in [-0.1, -0.05) is 18.7 Å². The fourth-order valence-electron chi connectivity index (χ4n) is 2.40. The van der Waals surface area contributed by atoms with E-state index in [-0.39, 0.29) is 48.3 Å². The molecule has 28 heavy (non-hydrogen) atoms. The first-order chi connectivity index (χ1) is 13.2. The van der Waals surface area contributed by atoms with Gasteiger partial charge in [-0.2, -0.15) is 0 Å². The van der Waals surface area contributed by atoms with Crippen molar-refractivity contribution in [2.45, 2.75) is 32.0 Å². The molecular formula is C19H24O9. The predicted molar refractivity (Wildman–Crippen MR) is 97.3 cm³/mol. The van der Waals surface area contributed by atoms with Gasteiger partial charge in [0, 0.05) is 12.0 Å². The number of aliphatic hydroxyl groups excluding tert-OH is 2. The molecular weight excluding hydrogens is 372 g/mol. The molecule has 0 fully saturated rings. The highest BCUT2D eigenvalue weighted by Gasteiger charge is 2.23. The van der Waals surface area contributed by atoms with Gasteiger partial charge in [0.1, 0.15) is 6.10 Å². The second-order valence-corrected chi connectivity index (χ2v) is 6.15. The molecule has 1 aromatic rings. The highest BCUT2D eigenvalue weighted by Crippen LogP contribution is 2.19. The van der Waals surface area contributed by atoms with E-state index in [0.717, 1.165) is 0 Å². The summed E-state index contributed by atoms with van der Waals surface area (Å²) in [5.74, 6) is -3.35. The van der Waals surface area contributed by atoms with E-state index < -0.39 is 36.7 Å². The normalized spacial score (nSPS) is 12.8. The molecule has 9 heteroatoms. The third-order valence-electron chi connectivity index (χ3n) is 3.80. The summed E-state index contributed by atoms with van der Waals surface area (Å²) in [5, 5.41) is 37.0. The number of hydrogen-bond acceptors (Lipinski definition) is 7. The topological polar surface area (TPSA) is 151 Å². The number of carboxylic acid groups (broad SMARTS) is 2. The van der Waals surface area contributed by atoms with Crippen LogP contribution in [0.3, 0.4) is 0 Å². The van der Waals surface area contributed by atoms with Gasteiger partial charge in [-0.3, -0.25) is 0 Å². The predicted octanol–water partition coefficient (Wildman–Crippen LogP) is 0.873. The summed E-state index contributed by atoms with van der Waals surface area (Å²) in [6, 6.07) is 4.08. The minimum atomic E-state index is -1.39. The van der Waals surface area contributed by atoms with Gasteiger partial charge < -0.3 is 29.9 Å². The molecule has 0 aromatic heterocycles. The Balaban J connectivity index is 2.99. The molecule has 2 unspecified atom stereocenters. The molecule has 0 bridgehead atoms. The highest BCUT2D eigenvalue weighted by atomic mass is 16.5. The molecule has 2 atom stereocenters. The first kappa shape index (κ1) is 23.3. The summed E-state index contributed by atoms with van der Waals surface area (Å²) in [7, 11) is 0. The molecule has 1 rings (SSSR count). The van der Waals surface area contributed by atoms with Crippen molar-refractivity contribution in [1.82, 2.24) is 0 Å². The molecule has 0 amide bonds. The van der Waals surface area contributed by atoms with Crippen LogP contribution in [-0.2, 0) is 20.7 Å². The third-order valence-corrected chi connectivity index (χ3v) is 3.80. The van der Waals surface area contributed by atoms with Crippen LogP contribution in [0, 0.1) is 0 Å². The van der Waals surface area contributed by atoms with Crippen molar-refractivity contribution in [1.29, 1.82) is 0 Å². The quantitative estimate of drug-likeness (QED) is 0.298. The SMILES string of the molecule is C=C(C)C(=O)OCCC(Cc1cccc(C(=O)O)c1C(=O)O)OCC(O)CO. The molecule has 0 heterocycles. The molecule has 4 N–H and O–H groups in total. The van der Waals surface area contributed by atoms with Gasteiger partial charge in [-0.25, -0.2) is 14.4 Å². The third kappa shape index (κ3) is 7.10. The second-order valence-electron chi connectivity index (χ2n) is 6.15. The lowest BCUT2D eigenvalue weighted by atomic mass is 9.95. The second kappa shape index (κ2) is 11.2. The Hall–Kier alpha value is -2.75.